The minimum Gasteiger partial charge on any atom is -0.0467 e. The quantitative estimate of drug-likeness (QED) is 0.511. The van der Waals surface area contributed by atoms with E-state index in [1.807, 2.05) is 0 Å². The molecule has 64 valence electrons. The van der Waals surface area contributed by atoms with Gasteiger partial charge in [-0.05, 0) is 73.0 Å². The monoisotopic (exact) mass is 160 g/mol. The summed E-state index contributed by atoms with van der Waals surface area (Å²) >= 11 is 0. The second kappa shape index (κ2) is 1.31. The topological polar surface area (TPSA) is 0 Å². The van der Waals surface area contributed by atoms with Crippen molar-refractivity contribution in [2.75, 3.05) is 0 Å². The minimum absolute atomic E-state index is 0.991. The highest BCUT2D eigenvalue weighted by atomic mass is 14.8. The Balaban J connectivity index is 1.73. The van der Waals surface area contributed by atoms with Crippen LogP contribution in [0.5, 0.6) is 0 Å². The first-order chi connectivity index (χ1) is 5.90. The zero-order chi connectivity index (χ0) is 7.50. The molecule has 5 rings (SSSR count). The van der Waals surface area contributed by atoms with Gasteiger partial charge >= 0.3 is 0 Å². The largest absolute Gasteiger partial charge is 0.0467 e. The SMILES string of the molecule is C1C2CC3C4CC4C(C12)C31CC1. The van der Waals surface area contributed by atoms with Crippen molar-refractivity contribution in [3.8, 4) is 0 Å². The van der Waals surface area contributed by atoms with Gasteiger partial charge in [-0.15, -0.1) is 0 Å². The van der Waals surface area contributed by atoms with E-state index >= 15 is 0 Å². The highest BCUT2D eigenvalue weighted by Gasteiger charge is 2.77. The van der Waals surface area contributed by atoms with Crippen molar-refractivity contribution in [2.45, 2.75) is 32.1 Å². The highest BCUT2D eigenvalue weighted by molar-refractivity contribution is 5.26. The first kappa shape index (κ1) is 5.67. The average Bonchev–Trinajstić information content (AvgIpc) is 2.84. The van der Waals surface area contributed by atoms with Gasteiger partial charge in [0.05, 0.1) is 0 Å². The maximum absolute atomic E-state index is 1.67. The maximum atomic E-state index is 1.67. The summed E-state index contributed by atoms with van der Waals surface area (Å²) in [6.07, 6.45) is 8.24. The molecule has 5 fully saturated rings. The van der Waals surface area contributed by atoms with Crippen LogP contribution in [0.15, 0.2) is 0 Å². The van der Waals surface area contributed by atoms with Gasteiger partial charge in [-0.2, -0.15) is 0 Å². The smallest absolute Gasteiger partial charge is 0.0232 e. The summed E-state index contributed by atoms with van der Waals surface area (Å²) in [5.74, 6) is 7.52. The van der Waals surface area contributed by atoms with Crippen molar-refractivity contribution in [1.29, 1.82) is 0 Å². The van der Waals surface area contributed by atoms with Crippen molar-refractivity contribution in [3.05, 3.63) is 0 Å². The molecule has 0 nitrogen and oxygen atoms in total. The minimum atomic E-state index is 0.991. The second-order valence-electron chi connectivity index (χ2n) is 6.32. The van der Waals surface area contributed by atoms with E-state index in [0.29, 0.717) is 0 Å². The van der Waals surface area contributed by atoms with Crippen molar-refractivity contribution in [3.63, 3.8) is 0 Å². The summed E-state index contributed by atoms with van der Waals surface area (Å²) in [6, 6.07) is 0. The molecule has 0 heteroatoms. The van der Waals surface area contributed by atoms with E-state index in [4.69, 9.17) is 0 Å². The Morgan fingerprint density at radius 2 is 1.75 bits per heavy atom. The molecule has 0 heterocycles. The molecule has 0 radical (unpaired) electrons. The van der Waals surface area contributed by atoms with Crippen LogP contribution >= 0.6 is 0 Å². The average molecular weight is 160 g/mol. The van der Waals surface area contributed by atoms with Gasteiger partial charge in [-0.1, -0.05) is 0 Å². The van der Waals surface area contributed by atoms with Gasteiger partial charge in [0.2, 0.25) is 0 Å². The van der Waals surface area contributed by atoms with Gasteiger partial charge in [0.15, 0.2) is 0 Å². The zero-order valence-corrected chi connectivity index (χ0v) is 7.50. The van der Waals surface area contributed by atoms with Crippen LogP contribution in [0.25, 0.3) is 0 Å². The third kappa shape index (κ3) is 0.400. The number of rotatable bonds is 0. The van der Waals surface area contributed by atoms with Crippen LogP contribution in [0.2, 0.25) is 0 Å². The maximum Gasteiger partial charge on any atom is -0.0232 e. The predicted octanol–water partition coefficient (Wildman–Crippen LogP) is 2.69. The van der Waals surface area contributed by atoms with Gasteiger partial charge in [0, 0.05) is 0 Å². The summed E-state index contributed by atoms with van der Waals surface area (Å²) in [5.41, 5.74) is 0.991. The third-order valence-corrected chi connectivity index (χ3v) is 6.09. The molecule has 0 saturated heterocycles. The Labute approximate surface area is 73.7 Å². The van der Waals surface area contributed by atoms with Gasteiger partial charge in [0.1, 0.15) is 0 Å². The lowest BCUT2D eigenvalue weighted by Crippen LogP contribution is -2.27. The van der Waals surface area contributed by atoms with Crippen LogP contribution in [0, 0.1) is 40.9 Å². The molecule has 0 aromatic rings. The van der Waals surface area contributed by atoms with Crippen LogP contribution in [-0.2, 0) is 0 Å². The molecule has 1 spiro atoms. The van der Waals surface area contributed by atoms with Crippen LogP contribution in [-0.4, -0.2) is 0 Å². The molecule has 5 aliphatic rings. The lowest BCUT2D eigenvalue weighted by atomic mass is 9.71. The molecule has 0 aromatic heterocycles. The van der Waals surface area contributed by atoms with Gasteiger partial charge in [-0.3, -0.25) is 0 Å². The summed E-state index contributed by atoms with van der Waals surface area (Å²) in [7, 11) is 0. The molecule has 6 atom stereocenters. The highest BCUT2D eigenvalue weighted by Crippen LogP contribution is 2.84. The molecular weight excluding hydrogens is 144 g/mol. The summed E-state index contributed by atoms with van der Waals surface area (Å²) in [5, 5.41) is 0. The molecule has 5 aliphatic carbocycles. The lowest BCUT2D eigenvalue weighted by Gasteiger charge is -2.33. The Bertz CT molecular complexity index is 272. The van der Waals surface area contributed by atoms with Crippen LogP contribution < -0.4 is 0 Å². The van der Waals surface area contributed by atoms with Crippen LogP contribution in [0.1, 0.15) is 32.1 Å². The zero-order valence-electron chi connectivity index (χ0n) is 7.50. The molecule has 0 N–H and O–H groups in total. The van der Waals surface area contributed by atoms with Crippen molar-refractivity contribution in [1.82, 2.24) is 0 Å². The van der Waals surface area contributed by atoms with E-state index in [2.05, 4.69) is 0 Å². The predicted molar refractivity (Wildman–Crippen MR) is 46.5 cm³/mol. The fourth-order valence-corrected chi connectivity index (χ4v) is 5.52. The molecule has 0 aliphatic heterocycles. The van der Waals surface area contributed by atoms with Crippen LogP contribution in [0.4, 0.5) is 0 Å². The van der Waals surface area contributed by atoms with Crippen molar-refractivity contribution < 1.29 is 0 Å². The number of fused-ring (bicyclic) bond motifs is 5. The third-order valence-electron chi connectivity index (χ3n) is 6.09. The number of hydrogen-bond acceptors (Lipinski definition) is 0. The van der Waals surface area contributed by atoms with Crippen molar-refractivity contribution >= 4 is 0 Å². The molecule has 2 bridgehead atoms. The van der Waals surface area contributed by atoms with Crippen LogP contribution in [0.3, 0.4) is 0 Å². The molecule has 12 heavy (non-hydrogen) atoms. The summed E-state index contributed by atoms with van der Waals surface area (Å²) in [4.78, 5) is 0. The van der Waals surface area contributed by atoms with E-state index in [0.717, 1.165) is 5.41 Å². The number of hydrogen-bond donors (Lipinski definition) is 0. The molecule has 0 amide bonds. The second-order valence-corrected chi connectivity index (χ2v) is 6.32. The normalized spacial score (nSPS) is 72.0. The standard InChI is InChI=1S/C12H16/c1-2-12(1)10-4-6-3-7(6)11(12)9-5-8(9)10/h6-11H,1-5H2. The summed E-state index contributed by atoms with van der Waals surface area (Å²) in [6.45, 7) is 0. The molecular formula is C12H16. The lowest BCUT2D eigenvalue weighted by molar-refractivity contribution is 0.147. The first-order valence-electron chi connectivity index (χ1n) is 5.90. The Morgan fingerprint density at radius 1 is 0.833 bits per heavy atom. The summed E-state index contributed by atoms with van der Waals surface area (Å²) < 4.78 is 0. The van der Waals surface area contributed by atoms with E-state index in [9.17, 15) is 0 Å². The van der Waals surface area contributed by atoms with E-state index < -0.39 is 0 Å². The van der Waals surface area contributed by atoms with E-state index in [1.165, 1.54) is 35.5 Å². The van der Waals surface area contributed by atoms with Gasteiger partial charge in [0.25, 0.3) is 0 Å². The van der Waals surface area contributed by atoms with Gasteiger partial charge in [-0.25, -0.2) is 0 Å². The van der Waals surface area contributed by atoms with Gasteiger partial charge < -0.3 is 0 Å². The molecule has 0 aromatic carbocycles. The molecule has 5 saturated carbocycles. The van der Waals surface area contributed by atoms with Crippen molar-refractivity contribution in [2.24, 2.45) is 40.9 Å². The van der Waals surface area contributed by atoms with E-state index in [1.54, 1.807) is 32.1 Å². The Kier molecular flexibility index (Phi) is 0.618. The fourth-order valence-electron chi connectivity index (χ4n) is 5.52. The Morgan fingerprint density at radius 3 is 2.58 bits per heavy atom. The Hall–Kier alpha value is 0. The van der Waals surface area contributed by atoms with E-state index in [-0.39, 0.29) is 0 Å². The first-order valence-corrected chi connectivity index (χ1v) is 5.90. The fraction of sp³-hybridized carbons (Fsp3) is 1.00. The molecule has 6 unspecified atom stereocenters.